The van der Waals surface area contributed by atoms with Crippen LogP contribution in [-0.4, -0.2) is 71.0 Å². The number of rotatable bonds is 32. The van der Waals surface area contributed by atoms with Crippen LogP contribution < -0.4 is 91.1 Å². The Balaban J connectivity index is 0.000000223. The molecule has 0 unspecified atom stereocenters. The summed E-state index contributed by atoms with van der Waals surface area (Å²) in [5, 5.41) is 44.7. The first-order valence-electron chi connectivity index (χ1n) is 49.1. The van der Waals surface area contributed by atoms with E-state index in [1.54, 1.807) is 83.4 Å². The van der Waals surface area contributed by atoms with Gasteiger partial charge < -0.3 is 80.5 Å². The summed E-state index contributed by atoms with van der Waals surface area (Å²) in [4.78, 5) is 114. The molecule has 32 heteroatoms. The molecule has 10 N–H and O–H groups in total. The number of aryl methyl sites for hydroxylation is 6. The van der Waals surface area contributed by atoms with Crippen molar-refractivity contribution >= 4 is 40.7 Å². The van der Waals surface area contributed by atoms with E-state index in [1.807, 2.05) is 114 Å². The minimum atomic E-state index is -0.369. The van der Waals surface area contributed by atoms with Crippen LogP contribution >= 0.6 is 0 Å². The second kappa shape index (κ2) is 52.4. The number of nitrogens with one attached hydrogen (secondary N) is 8. The van der Waals surface area contributed by atoms with Crippen molar-refractivity contribution in [3.8, 4) is 0 Å². The first-order valence-corrected chi connectivity index (χ1v) is 49.1. The standard InChI is InChI=1S/C15H21N3O.C15H20N2O2.2C14H19N3O.C14H20N2O2.C14H18N2O2.2C13H20N2O2/c1-9(2)11(4)16-7-13-12(5)18-8-10(3)17-15(18)6-14(13)19;1-9(2)11(4)16-8-14-12(5)17-13(7-15(14)18)6-10(3)19-17;1-9(2)10(3)16-8-12-11(4)17-6-5-15-14(17)7-13(12)18;1-9(2)10(3)15-8-12-11(4)17-7-5-6-13(17)16-14(12)18;2*1-9(2)10(3)15-8-13-11(4)16-12(5-6-18-16)7-14(13)17;1-8(2)10(4)14-7-12-11(5)15(17)9(3)6-13(12)16;1-8(2)11(5)14-7-12-9(3)6-10(4)15(17)13(12)16/h6,9,16H,4,7-8H2,1-3,5H3;6-7,9,16H,4,8H2,1-3,5H3;5,7,9,16H,3,6,8H2,1-2,4H3;5-6,9,15H,3,7-8H2,1-2,4H3;7,9,15H,3,5-6,8H2,1-2,4H3;5-7,9,15H,3,8H2,1-2,4H3;6,8,14,17H,4,7H2,1-3,5H3;6,8,14,17H,5,7H2,1-4H3. The second-order valence-electron chi connectivity index (χ2n) is 39.2. The maximum atomic E-state index is 12.1. The van der Waals surface area contributed by atoms with Crippen LogP contribution in [0.15, 0.2) is 223 Å². The number of fused-ring (bicyclic) bond motifs is 6. The molecule has 0 saturated carbocycles. The predicted octanol–water partition coefficient (Wildman–Crippen LogP) is 17.0. The third-order valence-corrected chi connectivity index (χ3v) is 25.9. The van der Waals surface area contributed by atoms with E-state index in [9.17, 15) is 48.8 Å². The van der Waals surface area contributed by atoms with Crippen molar-refractivity contribution in [3.63, 3.8) is 0 Å². The van der Waals surface area contributed by atoms with E-state index in [-0.39, 0.29) is 43.7 Å². The van der Waals surface area contributed by atoms with Gasteiger partial charge in [-0.1, -0.05) is 169 Å². The Labute approximate surface area is 846 Å². The van der Waals surface area contributed by atoms with Crippen LogP contribution in [0.5, 0.6) is 0 Å². The number of hydrogen-bond donors (Lipinski definition) is 10. The number of aliphatic imine (C=N–C) groups is 2. The molecule has 0 aromatic carbocycles. The molecular formula is C112H157N19O13. The summed E-state index contributed by atoms with van der Waals surface area (Å²) in [5.41, 5.74) is 24.3. The molecule has 10 aromatic rings. The Morgan fingerprint density at radius 3 is 1.23 bits per heavy atom. The van der Waals surface area contributed by atoms with Gasteiger partial charge in [-0.05, 0) is 148 Å². The van der Waals surface area contributed by atoms with Gasteiger partial charge in [-0.3, -0.25) is 38.4 Å². The molecule has 0 fully saturated rings. The van der Waals surface area contributed by atoms with Gasteiger partial charge in [0.25, 0.3) is 11.1 Å². The average Bonchev–Trinajstić information content (AvgIpc) is 1.64. The van der Waals surface area contributed by atoms with Gasteiger partial charge in [0, 0.05) is 227 Å². The molecule has 4 aliphatic heterocycles. The van der Waals surface area contributed by atoms with Crippen molar-refractivity contribution in [1.29, 1.82) is 0 Å². The smallest absolute Gasteiger partial charge is 0.288 e. The van der Waals surface area contributed by atoms with Crippen LogP contribution in [0.1, 0.15) is 236 Å². The van der Waals surface area contributed by atoms with Gasteiger partial charge in [-0.15, -0.1) is 0 Å². The van der Waals surface area contributed by atoms with Crippen LogP contribution in [-0.2, 0) is 78.4 Å². The summed E-state index contributed by atoms with van der Waals surface area (Å²) in [7, 11) is 0. The molecule has 0 bridgehead atoms. The number of pyridine rings is 7. The van der Waals surface area contributed by atoms with E-state index in [1.165, 1.54) is 6.07 Å². The minimum Gasteiger partial charge on any atom is -0.428 e. The third kappa shape index (κ3) is 30.7. The van der Waals surface area contributed by atoms with Crippen molar-refractivity contribution in [2.24, 2.45) is 57.3 Å². The normalized spacial score (nSPS) is 12.0. The molecule has 14 rings (SSSR count). The molecular weight excluding hydrogens is 1820 g/mol. The zero-order valence-electron chi connectivity index (χ0n) is 90.3. The second-order valence-corrected chi connectivity index (χ2v) is 39.2. The Morgan fingerprint density at radius 1 is 0.389 bits per heavy atom. The van der Waals surface area contributed by atoms with Crippen molar-refractivity contribution in [3.05, 3.63) is 366 Å². The van der Waals surface area contributed by atoms with E-state index >= 15 is 0 Å². The SMILES string of the molecule is C=C(NCc1c(C)cc(C)n(O)c1=O)C(C)C.C=C(NCc1c(C)n(O)c(C)cc1=O)C(C)C.C=C(NCc1c(C)n2c(cc1=O)CCO2)C(C)C.C=C(NCc1c(C)n2c(cc1=O)N=C(C)C2)C(C)C.C=C(NCc1c(C)n2c(cc1=O)N=CC2)C(C)C.C=C(NCc1c(C)n2c(nc1=O)C=CC2)C(C)C.C=C(NCc1c(C)n2oc(C)cc2cc1=O)C(C)C.C=C(NCc1c(C)n2occc2cc1=O)C(C)C. The first kappa shape index (κ1) is 116. The molecule has 14 heterocycles. The fraction of sp³-hybridized carbons (Fsp3) is 0.438. The van der Waals surface area contributed by atoms with Crippen molar-refractivity contribution in [2.45, 2.75) is 272 Å². The highest BCUT2D eigenvalue weighted by molar-refractivity contribution is 5.87. The quantitative estimate of drug-likeness (QED) is 0.0175. The summed E-state index contributed by atoms with van der Waals surface area (Å²) in [6.45, 7) is 93.6. The van der Waals surface area contributed by atoms with Gasteiger partial charge in [0.15, 0.2) is 32.6 Å². The van der Waals surface area contributed by atoms with E-state index in [2.05, 4.69) is 207 Å². The van der Waals surface area contributed by atoms with Gasteiger partial charge in [0.1, 0.15) is 36.1 Å². The highest BCUT2D eigenvalue weighted by atomic mass is 16.7. The van der Waals surface area contributed by atoms with E-state index in [4.69, 9.17) is 13.9 Å². The Morgan fingerprint density at radius 2 is 0.764 bits per heavy atom. The topological polar surface area (TPSA) is 385 Å². The third-order valence-electron chi connectivity index (χ3n) is 25.9. The van der Waals surface area contributed by atoms with Gasteiger partial charge in [-0.25, -0.2) is 9.98 Å². The molecule has 0 atom stereocenters. The summed E-state index contributed by atoms with van der Waals surface area (Å²) < 4.78 is 24.0. The summed E-state index contributed by atoms with van der Waals surface area (Å²) in [6, 6.07) is 15.0. The lowest BCUT2D eigenvalue weighted by Crippen LogP contribution is -2.29. The fourth-order valence-electron chi connectivity index (χ4n) is 15.0. The van der Waals surface area contributed by atoms with Crippen molar-refractivity contribution < 1.29 is 24.3 Å². The Bertz CT molecular complexity index is 6870. The van der Waals surface area contributed by atoms with E-state index < -0.39 is 0 Å². The molecule has 0 saturated heterocycles. The highest BCUT2D eigenvalue weighted by Gasteiger charge is 2.24. The predicted molar refractivity (Wildman–Crippen MR) is 582 cm³/mol. The average molecular weight is 1980 g/mol. The lowest BCUT2D eigenvalue weighted by Gasteiger charge is -2.16. The fourth-order valence-corrected chi connectivity index (χ4v) is 15.0. The number of hydrogen-bond acceptors (Lipinski definition) is 24. The van der Waals surface area contributed by atoms with Crippen LogP contribution in [0.25, 0.3) is 17.1 Å². The van der Waals surface area contributed by atoms with Crippen LogP contribution in [0.4, 0.5) is 11.6 Å². The van der Waals surface area contributed by atoms with Crippen molar-refractivity contribution in [1.82, 2.24) is 84.6 Å². The number of aromatic nitrogens is 9. The van der Waals surface area contributed by atoms with Crippen LogP contribution in [0.3, 0.4) is 0 Å². The van der Waals surface area contributed by atoms with Crippen LogP contribution in [0.2, 0.25) is 0 Å². The summed E-state index contributed by atoms with van der Waals surface area (Å²) >= 11 is 0. The molecule has 144 heavy (non-hydrogen) atoms. The van der Waals surface area contributed by atoms with Gasteiger partial charge in [0.05, 0.1) is 69.5 Å². The zero-order chi connectivity index (χ0) is 108. The molecule has 0 amide bonds. The molecule has 0 aliphatic carbocycles. The molecule has 0 spiro atoms. The summed E-state index contributed by atoms with van der Waals surface area (Å²) in [5.74, 6) is 5.84. The maximum Gasteiger partial charge on any atom is 0.288 e. The monoisotopic (exact) mass is 1980 g/mol. The lowest BCUT2D eigenvalue weighted by atomic mass is 10.1. The first-order chi connectivity index (χ1) is 67.5. The molecule has 0 radical (unpaired) electrons. The van der Waals surface area contributed by atoms with Gasteiger partial charge >= 0.3 is 0 Å². The van der Waals surface area contributed by atoms with E-state index in [0.29, 0.717) is 150 Å². The molecule has 32 nitrogen and oxygen atoms in total. The number of nitrogens with zero attached hydrogens (tertiary/aromatic N) is 11. The zero-order valence-corrected chi connectivity index (χ0v) is 90.3. The minimum absolute atomic E-state index is 0.0259. The Kier molecular flexibility index (Phi) is 42.4. The lowest BCUT2D eigenvalue weighted by molar-refractivity contribution is 0.143. The van der Waals surface area contributed by atoms with Crippen molar-refractivity contribution in [2.75, 3.05) is 6.61 Å². The molecule has 4 aliphatic rings. The van der Waals surface area contributed by atoms with E-state index in [0.717, 1.165) is 184 Å². The molecule has 778 valence electrons. The van der Waals surface area contributed by atoms with Gasteiger partial charge in [-0.2, -0.15) is 28.3 Å². The highest BCUT2D eigenvalue weighted by Crippen LogP contribution is 2.25. The molecule has 10 aromatic heterocycles. The summed E-state index contributed by atoms with van der Waals surface area (Å²) in [6.07, 6.45) is 8.11. The largest absolute Gasteiger partial charge is 0.428 e. The maximum absolute atomic E-state index is 12.1. The number of allylic oxidation sites excluding steroid dienone is 9. The van der Waals surface area contributed by atoms with Gasteiger partial charge in [0.2, 0.25) is 0 Å². The Hall–Kier alpha value is -14.6. The van der Waals surface area contributed by atoms with Crippen LogP contribution in [0, 0.1) is 124 Å².